The number of hydrogen-bond acceptors (Lipinski definition) is 6. The van der Waals surface area contributed by atoms with Crippen LogP contribution in [-0.4, -0.2) is 27.5 Å². The molecule has 4 aromatic carbocycles. The molecule has 1 fully saturated rings. The van der Waals surface area contributed by atoms with Crippen LogP contribution in [-0.2, 0) is 27.1 Å². The lowest BCUT2D eigenvalue weighted by Crippen LogP contribution is -2.33. The van der Waals surface area contributed by atoms with Gasteiger partial charge in [-0.05, 0) is 35.2 Å². The van der Waals surface area contributed by atoms with Gasteiger partial charge in [-0.3, -0.25) is 23.7 Å². The second-order valence-electron chi connectivity index (χ2n) is 10.7. The molecular formula is C33H22F3N3O4S2. The summed E-state index contributed by atoms with van der Waals surface area (Å²) in [5.41, 5.74) is 0.109. The molecule has 5 aromatic rings. The lowest BCUT2D eigenvalue weighted by atomic mass is 9.83. The summed E-state index contributed by atoms with van der Waals surface area (Å²) in [6.07, 6.45) is -4.66. The number of benzene rings is 4. The number of carbonyl (C=O) groups excluding carboxylic acids is 3. The van der Waals surface area contributed by atoms with Gasteiger partial charge in [-0.2, -0.15) is 13.2 Å². The molecule has 1 aromatic heterocycles. The van der Waals surface area contributed by atoms with Crippen molar-refractivity contribution >= 4 is 63.0 Å². The number of nitrogens with one attached hydrogen (secondary N) is 1. The van der Waals surface area contributed by atoms with Crippen molar-refractivity contribution in [3.05, 3.63) is 123 Å². The number of aromatic nitrogens is 1. The fourth-order valence-corrected chi connectivity index (χ4v) is 8.79. The first kappa shape index (κ1) is 29.1. The van der Waals surface area contributed by atoms with Gasteiger partial charge < -0.3 is 5.32 Å². The minimum Gasteiger partial charge on any atom is -0.324 e. The van der Waals surface area contributed by atoms with Crippen molar-refractivity contribution in [1.29, 1.82) is 0 Å². The summed E-state index contributed by atoms with van der Waals surface area (Å²) < 4.78 is 41.8. The second kappa shape index (κ2) is 11.0. The Hall–Kier alpha value is -4.68. The van der Waals surface area contributed by atoms with E-state index in [1.54, 1.807) is 36.4 Å². The number of thiazole rings is 1. The molecule has 2 aliphatic rings. The van der Waals surface area contributed by atoms with Gasteiger partial charge in [-0.25, -0.2) is 4.90 Å². The Labute approximate surface area is 262 Å². The molecule has 0 spiro atoms. The lowest BCUT2D eigenvalue weighted by Gasteiger charge is -2.30. The van der Waals surface area contributed by atoms with E-state index in [0.717, 1.165) is 57.0 Å². The van der Waals surface area contributed by atoms with Gasteiger partial charge in [0, 0.05) is 21.9 Å². The largest absolute Gasteiger partial charge is 0.416 e. The van der Waals surface area contributed by atoms with Crippen LogP contribution in [0.3, 0.4) is 0 Å². The van der Waals surface area contributed by atoms with Crippen LogP contribution in [0.1, 0.15) is 21.9 Å². The first-order valence-electron chi connectivity index (χ1n) is 13.9. The average molecular weight is 646 g/mol. The van der Waals surface area contributed by atoms with Crippen molar-refractivity contribution in [2.45, 2.75) is 28.9 Å². The zero-order valence-electron chi connectivity index (χ0n) is 23.2. The standard InChI is InChI=1S/C33H22F3N3O4S2/c34-33(35,36)20-12-7-13-21(16-20)39-29(41)26-25(19-9-2-1-3-10-19)28-31(44-27(26)30(39)42)38(32(43)45-28)17-24(40)37-23-15-6-11-18-8-4-5-14-22(18)23/h1-16,25-27H,17H2,(H,37,40). The molecule has 3 heterocycles. The van der Waals surface area contributed by atoms with E-state index in [9.17, 15) is 32.3 Å². The number of anilines is 2. The number of rotatable bonds is 5. The van der Waals surface area contributed by atoms with Crippen molar-refractivity contribution in [2.24, 2.45) is 5.92 Å². The van der Waals surface area contributed by atoms with Gasteiger partial charge in [0.25, 0.3) is 0 Å². The first-order valence-corrected chi connectivity index (χ1v) is 15.6. The Morgan fingerprint density at radius 2 is 1.56 bits per heavy atom. The van der Waals surface area contributed by atoms with Crippen LogP contribution in [0, 0.1) is 5.92 Å². The number of hydrogen-bond donors (Lipinski definition) is 1. The van der Waals surface area contributed by atoms with Crippen molar-refractivity contribution in [1.82, 2.24) is 4.57 Å². The molecule has 0 saturated carbocycles. The van der Waals surface area contributed by atoms with Crippen molar-refractivity contribution in [3.8, 4) is 0 Å². The Morgan fingerprint density at radius 3 is 2.33 bits per heavy atom. The third kappa shape index (κ3) is 5.03. The van der Waals surface area contributed by atoms with Gasteiger partial charge in [0.15, 0.2) is 0 Å². The minimum atomic E-state index is -4.66. The fraction of sp³-hybridized carbons (Fsp3) is 0.152. The number of thioether (sulfide) groups is 1. The maximum Gasteiger partial charge on any atom is 0.416 e. The molecule has 7 rings (SSSR count). The van der Waals surface area contributed by atoms with E-state index in [-0.39, 0.29) is 12.2 Å². The summed E-state index contributed by atoms with van der Waals surface area (Å²) >= 11 is 1.90. The quantitative estimate of drug-likeness (QED) is 0.220. The molecule has 3 atom stereocenters. The SMILES string of the molecule is O=C(Cn1c2c(sc1=O)C(c1ccccc1)C1C(=O)N(c3cccc(C(F)(F)F)c3)C(=O)C1S2)Nc1cccc2ccccc12. The molecule has 2 aliphatic heterocycles. The normalized spacial score (nSPS) is 19.4. The maximum absolute atomic E-state index is 14.0. The Morgan fingerprint density at radius 1 is 0.844 bits per heavy atom. The number of carbonyl (C=O) groups is 3. The summed E-state index contributed by atoms with van der Waals surface area (Å²) in [6, 6.07) is 26.1. The van der Waals surface area contributed by atoms with Crippen LogP contribution in [0.5, 0.6) is 0 Å². The topological polar surface area (TPSA) is 88.5 Å². The maximum atomic E-state index is 14.0. The highest BCUT2D eigenvalue weighted by Crippen LogP contribution is 2.54. The molecule has 3 unspecified atom stereocenters. The van der Waals surface area contributed by atoms with Gasteiger partial charge >= 0.3 is 11.0 Å². The molecule has 0 bridgehead atoms. The van der Waals surface area contributed by atoms with Gasteiger partial charge in [-0.15, -0.1) is 0 Å². The first-order chi connectivity index (χ1) is 21.6. The molecule has 7 nitrogen and oxygen atoms in total. The number of amides is 3. The average Bonchev–Trinajstić information content (AvgIpc) is 3.47. The highest BCUT2D eigenvalue weighted by atomic mass is 32.2. The number of nitrogens with zero attached hydrogens (tertiary/aromatic N) is 2. The van der Waals surface area contributed by atoms with E-state index in [1.165, 1.54) is 10.6 Å². The zero-order chi connectivity index (χ0) is 31.5. The number of alkyl halides is 3. The summed E-state index contributed by atoms with van der Waals surface area (Å²) in [5.74, 6) is -3.46. The molecule has 1 N–H and O–H groups in total. The van der Waals surface area contributed by atoms with E-state index in [4.69, 9.17) is 0 Å². The summed E-state index contributed by atoms with van der Waals surface area (Å²) in [6.45, 7) is -0.334. The molecular weight excluding hydrogens is 624 g/mol. The predicted molar refractivity (Wildman–Crippen MR) is 167 cm³/mol. The van der Waals surface area contributed by atoms with Gasteiger partial charge in [-0.1, -0.05) is 95.9 Å². The molecule has 12 heteroatoms. The van der Waals surface area contributed by atoms with Gasteiger partial charge in [0.1, 0.15) is 11.8 Å². The highest BCUT2D eigenvalue weighted by Gasteiger charge is 2.57. The third-order valence-electron chi connectivity index (χ3n) is 8.01. The molecule has 226 valence electrons. The van der Waals surface area contributed by atoms with Gasteiger partial charge in [0.2, 0.25) is 17.7 Å². The van der Waals surface area contributed by atoms with Crippen LogP contribution >= 0.6 is 23.1 Å². The summed E-state index contributed by atoms with van der Waals surface area (Å²) in [5, 5.41) is 4.02. The predicted octanol–water partition coefficient (Wildman–Crippen LogP) is 6.52. The number of fused-ring (bicyclic) bond motifs is 3. The van der Waals surface area contributed by atoms with Crippen LogP contribution in [0.25, 0.3) is 10.8 Å². The van der Waals surface area contributed by atoms with Crippen LogP contribution in [0.4, 0.5) is 24.5 Å². The van der Waals surface area contributed by atoms with Crippen molar-refractivity contribution in [2.75, 3.05) is 10.2 Å². The van der Waals surface area contributed by atoms with E-state index in [0.29, 0.717) is 21.2 Å². The number of halogens is 3. The van der Waals surface area contributed by atoms with Crippen molar-refractivity contribution < 1.29 is 27.6 Å². The van der Waals surface area contributed by atoms with E-state index in [1.807, 2.05) is 36.4 Å². The second-order valence-corrected chi connectivity index (χ2v) is 12.8. The Balaban J connectivity index is 1.27. The monoisotopic (exact) mass is 645 g/mol. The molecule has 1 saturated heterocycles. The van der Waals surface area contributed by atoms with Gasteiger partial charge in [0.05, 0.1) is 22.2 Å². The molecule has 3 amide bonds. The fourth-order valence-electron chi connectivity index (χ4n) is 6.02. The molecule has 45 heavy (non-hydrogen) atoms. The minimum absolute atomic E-state index is 0.170. The van der Waals surface area contributed by atoms with Crippen LogP contribution in [0.2, 0.25) is 0 Å². The number of imide groups is 1. The van der Waals surface area contributed by atoms with Crippen molar-refractivity contribution in [3.63, 3.8) is 0 Å². The summed E-state index contributed by atoms with van der Waals surface area (Å²) in [7, 11) is 0. The van der Waals surface area contributed by atoms with E-state index < -0.39 is 51.4 Å². The Bertz CT molecular complexity index is 2050. The molecule has 0 radical (unpaired) electrons. The third-order valence-corrected chi connectivity index (χ3v) is 10.6. The van der Waals surface area contributed by atoms with E-state index in [2.05, 4.69) is 5.32 Å². The zero-order valence-corrected chi connectivity index (χ0v) is 24.8. The Kier molecular flexibility index (Phi) is 7.13. The summed E-state index contributed by atoms with van der Waals surface area (Å²) in [4.78, 5) is 55.4. The molecule has 0 aliphatic carbocycles. The highest BCUT2D eigenvalue weighted by molar-refractivity contribution is 8.00. The van der Waals surface area contributed by atoms with E-state index >= 15 is 0 Å². The van der Waals surface area contributed by atoms with Crippen LogP contribution in [0.15, 0.2) is 107 Å². The van der Waals surface area contributed by atoms with Crippen LogP contribution < -0.4 is 15.1 Å². The lowest BCUT2D eigenvalue weighted by molar-refractivity contribution is -0.137. The smallest absolute Gasteiger partial charge is 0.324 e.